The lowest BCUT2D eigenvalue weighted by atomic mass is 10.1. The molecule has 6 nitrogen and oxygen atoms in total. The van der Waals surface area contributed by atoms with Crippen LogP contribution in [0.2, 0.25) is 0 Å². The zero-order chi connectivity index (χ0) is 18.4. The first-order valence-corrected chi connectivity index (χ1v) is 9.78. The van der Waals surface area contributed by atoms with E-state index in [0.29, 0.717) is 23.6 Å². The van der Waals surface area contributed by atoms with Crippen LogP contribution in [0.4, 0.5) is 5.13 Å². The van der Waals surface area contributed by atoms with E-state index in [1.807, 2.05) is 0 Å². The molecule has 140 valence electrons. The van der Waals surface area contributed by atoms with Gasteiger partial charge in [-0.15, -0.1) is 11.3 Å². The highest BCUT2D eigenvalue weighted by Gasteiger charge is 2.14. The third-order valence-corrected chi connectivity index (χ3v) is 5.40. The number of nitrogens with zero attached hydrogens (tertiary/aromatic N) is 2. The number of ether oxygens (including phenoxy) is 2. The number of amides is 1. The summed E-state index contributed by atoms with van der Waals surface area (Å²) in [7, 11) is 3.14. The second-order valence-corrected chi connectivity index (χ2v) is 7.11. The fourth-order valence-corrected chi connectivity index (χ4v) is 3.90. The number of thiazole rings is 1. The molecule has 7 heteroatoms. The second-order valence-electron chi connectivity index (χ2n) is 6.28. The molecule has 1 fully saturated rings. The first-order chi connectivity index (χ1) is 12.7. The molecule has 0 unspecified atom stereocenters. The number of benzene rings is 1. The smallest absolute Gasteiger partial charge is 0.251 e. The van der Waals surface area contributed by atoms with Gasteiger partial charge in [-0.1, -0.05) is 0 Å². The maximum atomic E-state index is 12.4. The lowest BCUT2D eigenvalue weighted by Gasteiger charge is -2.25. The summed E-state index contributed by atoms with van der Waals surface area (Å²) in [5, 5.41) is 6.13. The van der Waals surface area contributed by atoms with Crippen molar-refractivity contribution in [2.45, 2.75) is 25.7 Å². The predicted octanol–water partition coefficient (Wildman–Crippen LogP) is 3.12. The van der Waals surface area contributed by atoms with Crippen molar-refractivity contribution in [3.05, 3.63) is 34.8 Å². The van der Waals surface area contributed by atoms with Crippen LogP contribution in [0, 0.1) is 0 Å². The summed E-state index contributed by atoms with van der Waals surface area (Å²) in [4.78, 5) is 19.4. The van der Waals surface area contributed by atoms with Gasteiger partial charge in [0.15, 0.2) is 5.13 Å². The number of nitrogens with one attached hydrogen (secondary N) is 1. The maximum absolute atomic E-state index is 12.4. The van der Waals surface area contributed by atoms with E-state index >= 15 is 0 Å². The van der Waals surface area contributed by atoms with Gasteiger partial charge in [-0.3, -0.25) is 4.79 Å². The van der Waals surface area contributed by atoms with Gasteiger partial charge in [-0.25, -0.2) is 4.98 Å². The number of carbonyl (C=O) groups is 1. The number of hydrogen-bond acceptors (Lipinski definition) is 6. The molecule has 0 radical (unpaired) electrons. The summed E-state index contributed by atoms with van der Waals surface area (Å²) in [6.45, 7) is 2.74. The minimum Gasteiger partial charge on any atom is -0.497 e. The van der Waals surface area contributed by atoms with Crippen molar-refractivity contribution in [1.82, 2.24) is 10.3 Å². The molecule has 26 heavy (non-hydrogen) atoms. The van der Waals surface area contributed by atoms with E-state index in [0.717, 1.165) is 30.3 Å². The molecule has 2 aromatic rings. The Morgan fingerprint density at radius 2 is 1.85 bits per heavy atom. The standard InChI is InChI=1S/C19H25N3O3S/c1-24-16-10-14(11-17(12-16)25-2)18(23)20-7-6-15-13-26-19(21-15)22-8-4-3-5-9-22/h10-13H,3-9H2,1-2H3,(H,20,23). The molecule has 0 bridgehead atoms. The Bertz CT molecular complexity index is 719. The van der Waals surface area contributed by atoms with Crippen LogP contribution in [0.5, 0.6) is 11.5 Å². The van der Waals surface area contributed by atoms with Crippen LogP contribution in [0.15, 0.2) is 23.6 Å². The SMILES string of the molecule is COc1cc(OC)cc(C(=O)NCCc2csc(N3CCCCC3)n2)c1. The lowest BCUT2D eigenvalue weighted by molar-refractivity contribution is 0.0953. The molecule has 1 saturated heterocycles. The monoisotopic (exact) mass is 375 g/mol. The third-order valence-electron chi connectivity index (χ3n) is 4.45. The zero-order valence-electron chi connectivity index (χ0n) is 15.3. The Kier molecular flexibility index (Phi) is 6.33. The van der Waals surface area contributed by atoms with Crippen molar-refractivity contribution in [2.24, 2.45) is 0 Å². The average Bonchev–Trinajstić information content (AvgIpc) is 3.17. The summed E-state index contributed by atoms with van der Waals surface area (Å²) in [6.07, 6.45) is 4.52. The van der Waals surface area contributed by atoms with Crippen molar-refractivity contribution in [1.29, 1.82) is 0 Å². The molecule has 1 amide bonds. The Balaban J connectivity index is 1.53. The summed E-state index contributed by atoms with van der Waals surface area (Å²) in [5.41, 5.74) is 1.55. The summed E-state index contributed by atoms with van der Waals surface area (Å²) in [6, 6.07) is 5.15. The fourth-order valence-electron chi connectivity index (χ4n) is 2.99. The van der Waals surface area contributed by atoms with E-state index in [1.54, 1.807) is 43.8 Å². The fraction of sp³-hybridized carbons (Fsp3) is 0.474. The number of aromatic nitrogens is 1. The lowest BCUT2D eigenvalue weighted by Crippen LogP contribution is -2.29. The van der Waals surface area contributed by atoms with Crippen LogP contribution in [0.3, 0.4) is 0 Å². The Morgan fingerprint density at radius 1 is 1.15 bits per heavy atom. The van der Waals surface area contributed by atoms with Crippen LogP contribution >= 0.6 is 11.3 Å². The molecule has 0 atom stereocenters. The van der Waals surface area contributed by atoms with E-state index in [4.69, 9.17) is 14.5 Å². The van der Waals surface area contributed by atoms with Crippen molar-refractivity contribution >= 4 is 22.4 Å². The summed E-state index contributed by atoms with van der Waals surface area (Å²) < 4.78 is 10.4. The minimum absolute atomic E-state index is 0.145. The van der Waals surface area contributed by atoms with Crippen LogP contribution in [-0.2, 0) is 6.42 Å². The number of hydrogen-bond donors (Lipinski definition) is 1. The van der Waals surface area contributed by atoms with E-state index in [9.17, 15) is 4.79 Å². The van der Waals surface area contributed by atoms with E-state index in [1.165, 1.54) is 19.3 Å². The first kappa shape index (κ1) is 18.5. The van der Waals surface area contributed by atoms with Gasteiger partial charge >= 0.3 is 0 Å². The van der Waals surface area contributed by atoms with Crippen molar-refractivity contribution in [3.63, 3.8) is 0 Å². The van der Waals surface area contributed by atoms with E-state index in [2.05, 4.69) is 15.6 Å². The Hall–Kier alpha value is -2.28. The zero-order valence-corrected chi connectivity index (χ0v) is 16.1. The third kappa shape index (κ3) is 4.66. The van der Waals surface area contributed by atoms with Crippen molar-refractivity contribution < 1.29 is 14.3 Å². The average molecular weight is 375 g/mol. The molecular weight excluding hydrogens is 350 g/mol. The summed E-state index contributed by atoms with van der Waals surface area (Å²) >= 11 is 1.69. The maximum Gasteiger partial charge on any atom is 0.251 e. The highest BCUT2D eigenvalue weighted by atomic mass is 32.1. The highest BCUT2D eigenvalue weighted by molar-refractivity contribution is 7.13. The molecule has 0 aliphatic carbocycles. The molecule has 0 saturated carbocycles. The predicted molar refractivity (Wildman–Crippen MR) is 104 cm³/mol. The van der Waals surface area contributed by atoms with Gasteiger partial charge < -0.3 is 19.7 Å². The first-order valence-electron chi connectivity index (χ1n) is 8.90. The largest absolute Gasteiger partial charge is 0.497 e. The molecule has 3 rings (SSSR count). The van der Waals surface area contributed by atoms with Gasteiger partial charge in [-0.05, 0) is 31.4 Å². The normalized spacial score (nSPS) is 14.2. The van der Waals surface area contributed by atoms with Gasteiger partial charge in [0.05, 0.1) is 19.9 Å². The number of anilines is 1. The van der Waals surface area contributed by atoms with Crippen LogP contribution in [0.1, 0.15) is 35.3 Å². The molecule has 0 spiro atoms. The molecule has 1 aliphatic rings. The Morgan fingerprint density at radius 3 is 2.50 bits per heavy atom. The quantitative estimate of drug-likeness (QED) is 0.806. The van der Waals surface area contributed by atoms with E-state index < -0.39 is 0 Å². The number of rotatable bonds is 7. The molecule has 1 aromatic heterocycles. The van der Waals surface area contributed by atoms with Gasteiger partial charge in [0.25, 0.3) is 5.91 Å². The minimum atomic E-state index is -0.145. The number of carbonyl (C=O) groups excluding carboxylic acids is 1. The molecule has 1 aromatic carbocycles. The summed E-state index contributed by atoms with van der Waals surface area (Å²) in [5.74, 6) is 1.05. The number of methoxy groups -OCH3 is 2. The molecule has 1 aliphatic heterocycles. The van der Waals surface area contributed by atoms with Gasteiger partial charge in [0, 0.05) is 43.1 Å². The van der Waals surface area contributed by atoms with Crippen molar-refractivity contribution in [2.75, 3.05) is 38.8 Å². The molecular formula is C19H25N3O3S. The second kappa shape index (κ2) is 8.89. The van der Waals surface area contributed by atoms with Crippen LogP contribution in [0.25, 0.3) is 0 Å². The van der Waals surface area contributed by atoms with Gasteiger partial charge in [0.1, 0.15) is 11.5 Å². The number of piperidine rings is 1. The van der Waals surface area contributed by atoms with Crippen LogP contribution < -0.4 is 19.7 Å². The van der Waals surface area contributed by atoms with E-state index in [-0.39, 0.29) is 5.91 Å². The highest BCUT2D eigenvalue weighted by Crippen LogP contribution is 2.24. The molecule has 1 N–H and O–H groups in total. The topological polar surface area (TPSA) is 63.7 Å². The van der Waals surface area contributed by atoms with Crippen molar-refractivity contribution in [3.8, 4) is 11.5 Å². The molecule has 2 heterocycles. The van der Waals surface area contributed by atoms with Gasteiger partial charge in [-0.2, -0.15) is 0 Å². The Labute approximate surface area is 158 Å². The van der Waals surface area contributed by atoms with Crippen LogP contribution in [-0.4, -0.2) is 44.7 Å². The van der Waals surface area contributed by atoms with Gasteiger partial charge in [0.2, 0.25) is 0 Å².